The molecule has 0 saturated carbocycles. The van der Waals surface area contributed by atoms with Gasteiger partial charge in [-0.25, -0.2) is 4.90 Å². The Labute approximate surface area is 158 Å². The number of hydrogen-bond donors (Lipinski definition) is 1. The minimum Gasteiger partial charge on any atom is -0.495 e. The summed E-state index contributed by atoms with van der Waals surface area (Å²) < 4.78 is 34.1. The summed E-state index contributed by atoms with van der Waals surface area (Å²) in [5.74, 6) is -0.614. The van der Waals surface area contributed by atoms with Gasteiger partial charge < -0.3 is 14.8 Å². The van der Waals surface area contributed by atoms with E-state index in [1.165, 1.54) is 25.3 Å². The molecule has 0 spiro atoms. The molecular weight excluding hydrogens is 382 g/mol. The summed E-state index contributed by atoms with van der Waals surface area (Å²) in [6.45, 7) is -3.00. The lowest BCUT2D eigenvalue weighted by atomic mass is 10.2. The van der Waals surface area contributed by atoms with Gasteiger partial charge in [-0.2, -0.15) is 8.78 Å². The third-order valence-corrected chi connectivity index (χ3v) is 4.26. The minimum absolute atomic E-state index is 0.0429. The van der Waals surface area contributed by atoms with Crippen molar-refractivity contribution in [1.29, 1.82) is 0 Å². The first-order chi connectivity index (χ1) is 12.9. The number of carbonyl (C=O) groups is 2. The van der Waals surface area contributed by atoms with E-state index >= 15 is 0 Å². The van der Waals surface area contributed by atoms with E-state index in [4.69, 9.17) is 16.3 Å². The molecule has 3 rings (SSSR count). The Hall–Kier alpha value is -2.87. The Morgan fingerprint density at radius 2 is 1.93 bits per heavy atom. The highest BCUT2D eigenvalue weighted by atomic mass is 35.5. The molecule has 1 aliphatic rings. The van der Waals surface area contributed by atoms with Gasteiger partial charge >= 0.3 is 6.61 Å². The fourth-order valence-corrected chi connectivity index (χ4v) is 3.02. The number of imide groups is 1. The van der Waals surface area contributed by atoms with Crippen molar-refractivity contribution in [1.82, 2.24) is 0 Å². The van der Waals surface area contributed by atoms with Gasteiger partial charge in [0.2, 0.25) is 5.91 Å². The zero-order chi connectivity index (χ0) is 19.6. The summed E-state index contributed by atoms with van der Waals surface area (Å²) in [5.41, 5.74) is 0.757. The third kappa shape index (κ3) is 3.95. The number of para-hydroxylation sites is 2. The van der Waals surface area contributed by atoms with Crippen LogP contribution in [-0.2, 0) is 9.59 Å². The van der Waals surface area contributed by atoms with E-state index in [1.54, 1.807) is 24.3 Å². The molecule has 1 N–H and O–H groups in total. The quantitative estimate of drug-likeness (QED) is 0.754. The van der Waals surface area contributed by atoms with Crippen LogP contribution in [0.1, 0.15) is 6.42 Å². The highest BCUT2D eigenvalue weighted by Crippen LogP contribution is 2.34. The van der Waals surface area contributed by atoms with Crippen LogP contribution in [-0.4, -0.2) is 31.6 Å². The van der Waals surface area contributed by atoms with Crippen LogP contribution >= 0.6 is 11.6 Å². The maximum Gasteiger partial charge on any atom is 0.387 e. The van der Waals surface area contributed by atoms with Crippen LogP contribution in [0.4, 0.5) is 20.2 Å². The summed E-state index contributed by atoms with van der Waals surface area (Å²) >= 11 is 5.91. The number of carbonyl (C=O) groups excluding carboxylic acids is 2. The number of methoxy groups -OCH3 is 1. The number of halogens is 3. The fraction of sp³-hybridized carbons (Fsp3) is 0.222. The van der Waals surface area contributed by atoms with Crippen molar-refractivity contribution < 1.29 is 27.8 Å². The third-order valence-electron chi connectivity index (χ3n) is 3.96. The lowest BCUT2D eigenvalue weighted by molar-refractivity contribution is -0.121. The highest BCUT2D eigenvalue weighted by molar-refractivity contribution is 6.32. The van der Waals surface area contributed by atoms with E-state index < -0.39 is 18.6 Å². The molecule has 9 heteroatoms. The molecule has 6 nitrogen and oxygen atoms in total. The van der Waals surface area contributed by atoms with Crippen molar-refractivity contribution in [2.45, 2.75) is 19.1 Å². The number of hydrogen-bond acceptors (Lipinski definition) is 5. The molecule has 27 heavy (non-hydrogen) atoms. The van der Waals surface area contributed by atoms with Crippen LogP contribution in [0.3, 0.4) is 0 Å². The molecule has 1 aliphatic heterocycles. The number of amides is 2. The van der Waals surface area contributed by atoms with Crippen molar-refractivity contribution in [3.05, 3.63) is 47.5 Å². The van der Waals surface area contributed by atoms with Gasteiger partial charge in [0.15, 0.2) is 0 Å². The Kier molecular flexibility index (Phi) is 5.46. The second-order valence-corrected chi connectivity index (χ2v) is 6.07. The Bertz CT molecular complexity index is 878. The number of alkyl halides is 2. The monoisotopic (exact) mass is 396 g/mol. The van der Waals surface area contributed by atoms with Crippen molar-refractivity contribution in [3.63, 3.8) is 0 Å². The van der Waals surface area contributed by atoms with Gasteiger partial charge in [0, 0.05) is 5.69 Å². The van der Waals surface area contributed by atoms with Gasteiger partial charge in [0.25, 0.3) is 5.91 Å². The topological polar surface area (TPSA) is 67.9 Å². The van der Waals surface area contributed by atoms with Gasteiger partial charge in [-0.15, -0.1) is 0 Å². The van der Waals surface area contributed by atoms with Crippen LogP contribution in [0.2, 0.25) is 5.02 Å². The molecule has 1 saturated heterocycles. The maximum absolute atomic E-state index is 12.7. The summed E-state index contributed by atoms with van der Waals surface area (Å²) in [5, 5.41) is 2.86. The molecular formula is C18H15ClF2N2O4. The molecule has 0 aliphatic carbocycles. The molecule has 2 amide bonds. The number of anilines is 2. The second kappa shape index (κ2) is 7.79. The first kappa shape index (κ1) is 18.9. The van der Waals surface area contributed by atoms with E-state index in [0.29, 0.717) is 17.1 Å². The average Bonchev–Trinajstić information content (AvgIpc) is 2.90. The van der Waals surface area contributed by atoms with Crippen LogP contribution in [0.15, 0.2) is 42.5 Å². The van der Waals surface area contributed by atoms with Crippen LogP contribution in [0.5, 0.6) is 11.5 Å². The van der Waals surface area contributed by atoms with Crippen molar-refractivity contribution >= 4 is 34.8 Å². The van der Waals surface area contributed by atoms with Crippen LogP contribution in [0.25, 0.3) is 0 Å². The SMILES string of the molecule is COc1ccccc1N1C(=O)CC(Nc2ccc(OC(F)F)c(Cl)c2)C1=O. The number of rotatable bonds is 6. The van der Waals surface area contributed by atoms with Gasteiger partial charge in [-0.3, -0.25) is 9.59 Å². The highest BCUT2D eigenvalue weighted by Gasteiger charge is 2.40. The van der Waals surface area contributed by atoms with E-state index in [-0.39, 0.29) is 23.1 Å². The molecule has 2 aromatic rings. The molecule has 0 aromatic heterocycles. The average molecular weight is 397 g/mol. The molecule has 142 valence electrons. The van der Waals surface area contributed by atoms with Gasteiger partial charge in [0.1, 0.15) is 17.5 Å². The van der Waals surface area contributed by atoms with Crippen molar-refractivity contribution in [3.8, 4) is 11.5 Å². The molecule has 0 radical (unpaired) electrons. The number of ether oxygens (including phenoxy) is 2. The molecule has 1 atom stereocenters. The summed E-state index contributed by atoms with van der Waals surface area (Å²) in [6, 6.07) is 9.92. The van der Waals surface area contributed by atoms with E-state index in [0.717, 1.165) is 4.90 Å². The lowest BCUT2D eigenvalue weighted by Gasteiger charge is -2.18. The maximum atomic E-state index is 12.7. The largest absolute Gasteiger partial charge is 0.495 e. The molecule has 1 unspecified atom stereocenters. The van der Waals surface area contributed by atoms with E-state index in [9.17, 15) is 18.4 Å². The normalized spacial score (nSPS) is 16.8. The van der Waals surface area contributed by atoms with Crippen molar-refractivity contribution in [2.24, 2.45) is 0 Å². The number of nitrogens with zero attached hydrogens (tertiary/aromatic N) is 1. The van der Waals surface area contributed by atoms with Crippen LogP contribution < -0.4 is 19.7 Å². The summed E-state index contributed by atoms with van der Waals surface area (Å²) in [4.78, 5) is 26.2. The van der Waals surface area contributed by atoms with Crippen molar-refractivity contribution in [2.75, 3.05) is 17.3 Å². The number of benzene rings is 2. The Morgan fingerprint density at radius 1 is 1.19 bits per heavy atom. The lowest BCUT2D eigenvalue weighted by Crippen LogP contribution is -2.35. The van der Waals surface area contributed by atoms with Crippen LogP contribution in [0, 0.1) is 0 Å². The predicted molar refractivity (Wildman–Crippen MR) is 95.6 cm³/mol. The molecule has 2 aromatic carbocycles. The van der Waals surface area contributed by atoms with Gasteiger partial charge in [0.05, 0.1) is 24.2 Å². The Morgan fingerprint density at radius 3 is 2.59 bits per heavy atom. The summed E-state index contributed by atoms with van der Waals surface area (Å²) in [6.07, 6.45) is -0.0657. The minimum atomic E-state index is -3.00. The number of nitrogens with one attached hydrogen (secondary N) is 1. The smallest absolute Gasteiger partial charge is 0.387 e. The first-order valence-electron chi connectivity index (χ1n) is 7.91. The Balaban J connectivity index is 1.79. The first-order valence-corrected chi connectivity index (χ1v) is 8.29. The zero-order valence-corrected chi connectivity index (χ0v) is 14.9. The van der Waals surface area contributed by atoms with E-state index in [1.807, 2.05) is 0 Å². The fourth-order valence-electron chi connectivity index (χ4n) is 2.80. The van der Waals surface area contributed by atoms with E-state index in [2.05, 4.69) is 10.1 Å². The summed E-state index contributed by atoms with van der Waals surface area (Å²) in [7, 11) is 1.45. The van der Waals surface area contributed by atoms with Gasteiger partial charge in [-0.05, 0) is 30.3 Å². The molecule has 0 bridgehead atoms. The second-order valence-electron chi connectivity index (χ2n) is 5.66. The molecule has 1 fully saturated rings. The standard InChI is InChI=1S/C18H15ClF2N2O4/c1-26-15-5-3-2-4-13(15)23-16(24)9-12(17(23)25)22-10-6-7-14(11(19)8-10)27-18(20)21/h2-8,12,18,22H,9H2,1H3. The van der Waals surface area contributed by atoms with Gasteiger partial charge in [-0.1, -0.05) is 23.7 Å². The molecule has 1 heterocycles. The predicted octanol–water partition coefficient (Wildman–Crippen LogP) is 3.69. The zero-order valence-electron chi connectivity index (χ0n) is 14.1.